The number of likely N-dealkylation sites (tertiary alicyclic amines) is 1. The first-order valence-corrected chi connectivity index (χ1v) is 15.7. The van der Waals surface area contributed by atoms with E-state index >= 15 is 0 Å². The van der Waals surface area contributed by atoms with E-state index in [0.717, 1.165) is 42.4 Å². The standard InChI is InChI=1S/C31H32F2N6O5S/c1-30(2,3)44-29(40)39-16-31(17-39)10-11-38(15-31)27-21-12-19(8-9-24(21)35-18-36-27)20-13-25(28(43-4)34-14-20)37-45(41,42)26-22(32)6-5-7-23(26)33/h5-9,12-14,18,37H,10-11,15-17H2,1-4H3. The molecule has 0 radical (unpaired) electrons. The van der Waals surface area contributed by atoms with Crippen LogP contribution >= 0.6 is 0 Å². The van der Waals surface area contributed by atoms with E-state index in [9.17, 15) is 22.0 Å². The summed E-state index contributed by atoms with van der Waals surface area (Å²) in [6.07, 6.45) is 3.61. The number of nitrogens with one attached hydrogen (secondary N) is 1. The zero-order chi connectivity index (χ0) is 32.1. The normalized spacial score (nSPS) is 16.1. The van der Waals surface area contributed by atoms with E-state index in [1.54, 1.807) is 4.90 Å². The number of aromatic nitrogens is 3. The molecule has 1 spiro atoms. The summed E-state index contributed by atoms with van der Waals surface area (Å²) in [5.74, 6) is -1.79. The van der Waals surface area contributed by atoms with Crippen molar-refractivity contribution in [3.63, 3.8) is 0 Å². The molecule has 0 atom stereocenters. The number of sulfonamides is 1. The van der Waals surface area contributed by atoms with Crippen molar-refractivity contribution in [2.24, 2.45) is 5.41 Å². The summed E-state index contributed by atoms with van der Waals surface area (Å²) in [6.45, 7) is 8.23. The first-order valence-electron chi connectivity index (χ1n) is 14.3. The Balaban J connectivity index is 1.27. The second-order valence-electron chi connectivity index (χ2n) is 12.4. The second kappa shape index (κ2) is 11.1. The fraction of sp³-hybridized carbons (Fsp3) is 0.355. The van der Waals surface area contributed by atoms with Gasteiger partial charge in [0.15, 0.2) is 4.90 Å². The largest absolute Gasteiger partial charge is 0.480 e. The number of rotatable bonds is 6. The summed E-state index contributed by atoms with van der Waals surface area (Å²) in [4.78, 5) is 28.6. The van der Waals surface area contributed by atoms with Gasteiger partial charge in [0.25, 0.3) is 10.0 Å². The van der Waals surface area contributed by atoms with Crippen molar-refractivity contribution < 1.29 is 31.5 Å². The van der Waals surface area contributed by atoms with Gasteiger partial charge in [-0.15, -0.1) is 0 Å². The molecule has 2 saturated heterocycles. The highest BCUT2D eigenvalue weighted by Gasteiger charge is 2.50. The van der Waals surface area contributed by atoms with Crippen LogP contribution in [-0.4, -0.2) is 73.3 Å². The molecular weight excluding hydrogens is 606 g/mol. The van der Waals surface area contributed by atoms with Crippen LogP contribution in [0.4, 0.5) is 25.1 Å². The summed E-state index contributed by atoms with van der Waals surface area (Å²) >= 11 is 0. The number of hydrogen-bond donors (Lipinski definition) is 1. The van der Waals surface area contributed by atoms with Crippen LogP contribution in [0.3, 0.4) is 0 Å². The number of methoxy groups -OCH3 is 1. The van der Waals surface area contributed by atoms with Crippen LogP contribution in [0.15, 0.2) is 59.9 Å². The second-order valence-corrected chi connectivity index (χ2v) is 14.0. The Morgan fingerprint density at radius 3 is 2.42 bits per heavy atom. The van der Waals surface area contributed by atoms with Gasteiger partial charge in [-0.2, -0.15) is 0 Å². The van der Waals surface area contributed by atoms with Crippen molar-refractivity contribution in [1.29, 1.82) is 0 Å². The van der Waals surface area contributed by atoms with Crippen molar-refractivity contribution in [3.05, 3.63) is 66.6 Å². The third kappa shape index (κ3) is 5.93. The number of nitrogens with zero attached hydrogens (tertiary/aromatic N) is 5. The van der Waals surface area contributed by atoms with Gasteiger partial charge in [0.1, 0.15) is 35.1 Å². The number of halogens is 2. The molecule has 6 rings (SSSR count). The van der Waals surface area contributed by atoms with E-state index in [4.69, 9.17) is 9.47 Å². The predicted octanol–water partition coefficient (Wildman–Crippen LogP) is 5.23. The smallest absolute Gasteiger partial charge is 0.410 e. The molecule has 4 heterocycles. The Kier molecular flexibility index (Phi) is 7.50. The van der Waals surface area contributed by atoms with Crippen molar-refractivity contribution in [2.75, 3.05) is 42.9 Å². The van der Waals surface area contributed by atoms with Gasteiger partial charge < -0.3 is 19.3 Å². The lowest BCUT2D eigenvalue weighted by molar-refractivity contribution is -0.0266. The lowest BCUT2D eigenvalue weighted by Gasteiger charge is -2.47. The Morgan fingerprint density at radius 2 is 1.73 bits per heavy atom. The highest BCUT2D eigenvalue weighted by molar-refractivity contribution is 7.92. The van der Waals surface area contributed by atoms with Gasteiger partial charge in [0.2, 0.25) is 5.88 Å². The lowest BCUT2D eigenvalue weighted by atomic mass is 9.79. The number of hydrogen-bond acceptors (Lipinski definition) is 9. The topological polar surface area (TPSA) is 127 Å². The highest BCUT2D eigenvalue weighted by atomic mass is 32.2. The van der Waals surface area contributed by atoms with Crippen LogP contribution in [0.1, 0.15) is 27.2 Å². The molecule has 1 N–H and O–H groups in total. The van der Waals surface area contributed by atoms with Gasteiger partial charge >= 0.3 is 6.09 Å². The summed E-state index contributed by atoms with van der Waals surface area (Å²) in [7, 11) is -3.36. The number of anilines is 2. The van der Waals surface area contributed by atoms with Crippen molar-refractivity contribution in [3.8, 4) is 17.0 Å². The predicted molar refractivity (Wildman–Crippen MR) is 164 cm³/mol. The molecule has 2 aliphatic heterocycles. The average Bonchev–Trinajstić information content (AvgIpc) is 3.40. The summed E-state index contributed by atoms with van der Waals surface area (Å²) < 4.78 is 67.6. The van der Waals surface area contributed by atoms with E-state index in [2.05, 4.69) is 24.6 Å². The quantitative estimate of drug-likeness (QED) is 0.302. The van der Waals surface area contributed by atoms with Crippen LogP contribution in [0.5, 0.6) is 5.88 Å². The van der Waals surface area contributed by atoms with Gasteiger partial charge in [-0.1, -0.05) is 12.1 Å². The molecule has 236 valence electrons. The fourth-order valence-electron chi connectivity index (χ4n) is 5.85. The number of benzene rings is 2. The van der Waals surface area contributed by atoms with Gasteiger partial charge in [-0.3, -0.25) is 4.72 Å². The Hall–Kier alpha value is -4.59. The van der Waals surface area contributed by atoms with E-state index in [-0.39, 0.29) is 23.1 Å². The number of ether oxygens (including phenoxy) is 2. The monoisotopic (exact) mass is 638 g/mol. The average molecular weight is 639 g/mol. The molecule has 0 bridgehead atoms. The number of carbonyl (C=O) groups excluding carboxylic acids is 1. The van der Waals surface area contributed by atoms with E-state index in [1.807, 2.05) is 39.0 Å². The first-order chi connectivity index (χ1) is 21.3. The van der Waals surface area contributed by atoms with Crippen LogP contribution in [0.25, 0.3) is 22.0 Å². The van der Waals surface area contributed by atoms with Crippen LogP contribution < -0.4 is 14.4 Å². The molecule has 0 aliphatic carbocycles. The molecule has 2 aliphatic rings. The zero-order valence-electron chi connectivity index (χ0n) is 25.2. The number of fused-ring (bicyclic) bond motifs is 1. The number of amides is 1. The minimum atomic E-state index is -4.66. The maximum atomic E-state index is 14.3. The maximum absolute atomic E-state index is 14.3. The van der Waals surface area contributed by atoms with Gasteiger partial charge in [0, 0.05) is 48.7 Å². The van der Waals surface area contributed by atoms with Crippen molar-refractivity contribution in [2.45, 2.75) is 37.7 Å². The maximum Gasteiger partial charge on any atom is 0.410 e. The Labute approximate surface area is 259 Å². The minimum Gasteiger partial charge on any atom is -0.480 e. The van der Waals surface area contributed by atoms with Crippen LogP contribution in [-0.2, 0) is 14.8 Å². The Bertz CT molecular complexity index is 1890. The summed E-state index contributed by atoms with van der Waals surface area (Å²) in [6, 6.07) is 9.83. The molecule has 2 aromatic heterocycles. The molecule has 45 heavy (non-hydrogen) atoms. The molecule has 14 heteroatoms. The SMILES string of the molecule is COc1ncc(-c2ccc3ncnc(N4CCC5(CN(C(=O)OC(C)(C)C)C5)C4)c3c2)cc1NS(=O)(=O)c1c(F)cccc1F. The molecule has 0 saturated carbocycles. The van der Waals surface area contributed by atoms with E-state index in [0.29, 0.717) is 36.3 Å². The fourth-order valence-corrected chi connectivity index (χ4v) is 7.04. The molecule has 2 fully saturated rings. The molecular formula is C31H32F2N6O5S. The molecule has 4 aromatic rings. The first kappa shape index (κ1) is 30.4. The molecule has 1 amide bonds. The van der Waals surface area contributed by atoms with Gasteiger partial charge in [-0.25, -0.2) is 36.9 Å². The number of pyridine rings is 1. The highest BCUT2D eigenvalue weighted by Crippen LogP contribution is 2.43. The van der Waals surface area contributed by atoms with Crippen LogP contribution in [0, 0.1) is 17.0 Å². The van der Waals surface area contributed by atoms with Crippen molar-refractivity contribution >= 4 is 38.5 Å². The van der Waals surface area contributed by atoms with Crippen LogP contribution in [0.2, 0.25) is 0 Å². The zero-order valence-corrected chi connectivity index (χ0v) is 26.0. The molecule has 2 aromatic carbocycles. The molecule has 11 nitrogen and oxygen atoms in total. The van der Waals surface area contributed by atoms with Crippen molar-refractivity contribution in [1.82, 2.24) is 19.9 Å². The van der Waals surface area contributed by atoms with E-state index in [1.165, 1.54) is 25.7 Å². The Morgan fingerprint density at radius 1 is 1.00 bits per heavy atom. The lowest BCUT2D eigenvalue weighted by Crippen LogP contribution is -2.60. The third-order valence-electron chi connectivity index (χ3n) is 7.87. The van der Waals surface area contributed by atoms with Gasteiger partial charge in [0.05, 0.1) is 12.6 Å². The van der Waals surface area contributed by atoms with Gasteiger partial charge in [-0.05, 0) is 63.1 Å². The summed E-state index contributed by atoms with van der Waals surface area (Å²) in [5.41, 5.74) is 1.22. The molecule has 0 unspecified atom stereocenters. The minimum absolute atomic E-state index is 0.0462. The summed E-state index contributed by atoms with van der Waals surface area (Å²) in [5, 5.41) is 0.779. The third-order valence-corrected chi connectivity index (χ3v) is 9.28. The van der Waals surface area contributed by atoms with E-state index < -0.39 is 32.2 Å². The number of carbonyl (C=O) groups is 1.